The molecule has 0 saturated carbocycles. The minimum atomic E-state index is -0.338. The molecule has 1 fully saturated rings. The number of nitriles is 1. The van der Waals surface area contributed by atoms with Crippen molar-refractivity contribution in [2.24, 2.45) is 0 Å². The number of piperazine rings is 1. The summed E-state index contributed by atoms with van der Waals surface area (Å²) in [6.07, 6.45) is 0. The maximum atomic E-state index is 11.9. The highest BCUT2D eigenvalue weighted by Crippen LogP contribution is 2.12. The number of nitrogens with one attached hydrogen (secondary N) is 1. The molecule has 2 aromatic rings. The number of hydrogen-bond acceptors (Lipinski definition) is 5. The Kier molecular flexibility index (Phi) is 3.54. The second-order valence-electron chi connectivity index (χ2n) is 4.87. The van der Waals surface area contributed by atoms with Crippen molar-refractivity contribution in [2.75, 3.05) is 26.2 Å². The number of oxazole rings is 1. The molecular formula is C14H16N4O2. The minimum absolute atomic E-state index is 0.127. The van der Waals surface area contributed by atoms with Crippen LogP contribution in [0.15, 0.2) is 33.5 Å². The standard InChI is InChI=1S/C14H16N4O2/c15-9-11-10-16-5-6-17(11)7-8-18-12-3-1-2-4-13(12)20-14(18)19/h1-4,11,16H,5-8,10H2. The lowest BCUT2D eigenvalue weighted by Gasteiger charge is -2.31. The number of hydrogen-bond donors (Lipinski definition) is 1. The van der Waals surface area contributed by atoms with Crippen molar-refractivity contribution in [2.45, 2.75) is 12.6 Å². The molecule has 2 heterocycles. The molecule has 0 radical (unpaired) electrons. The highest BCUT2D eigenvalue weighted by atomic mass is 16.4. The molecule has 0 spiro atoms. The molecule has 1 saturated heterocycles. The summed E-state index contributed by atoms with van der Waals surface area (Å²) in [6.45, 7) is 3.58. The normalized spacial score (nSPS) is 20.1. The van der Waals surface area contributed by atoms with Crippen LogP contribution in [0.4, 0.5) is 0 Å². The van der Waals surface area contributed by atoms with E-state index < -0.39 is 0 Å². The van der Waals surface area contributed by atoms with E-state index in [0.29, 0.717) is 25.2 Å². The SMILES string of the molecule is N#CC1CNCCN1CCn1c(=O)oc2ccccc21. The Labute approximate surface area is 116 Å². The third-order valence-corrected chi connectivity index (χ3v) is 3.69. The highest BCUT2D eigenvalue weighted by molar-refractivity contribution is 5.72. The number of para-hydroxylation sites is 2. The third kappa shape index (κ3) is 2.33. The molecule has 20 heavy (non-hydrogen) atoms. The van der Waals surface area contributed by atoms with Gasteiger partial charge in [-0.1, -0.05) is 12.1 Å². The second-order valence-corrected chi connectivity index (χ2v) is 4.87. The molecule has 6 heteroatoms. The molecule has 104 valence electrons. The molecular weight excluding hydrogens is 256 g/mol. The quantitative estimate of drug-likeness (QED) is 0.875. The summed E-state index contributed by atoms with van der Waals surface area (Å²) in [4.78, 5) is 14.0. The van der Waals surface area contributed by atoms with Crippen molar-refractivity contribution < 1.29 is 4.42 Å². The smallest absolute Gasteiger partial charge is 0.408 e. The molecule has 1 atom stereocenters. The maximum absolute atomic E-state index is 11.9. The number of benzene rings is 1. The van der Waals surface area contributed by atoms with E-state index in [1.807, 2.05) is 18.2 Å². The fraction of sp³-hybridized carbons (Fsp3) is 0.429. The van der Waals surface area contributed by atoms with Crippen LogP contribution in [-0.4, -0.2) is 41.7 Å². The molecule has 0 bridgehead atoms. The Hall–Kier alpha value is -2.10. The van der Waals surface area contributed by atoms with Gasteiger partial charge in [0.05, 0.1) is 11.6 Å². The number of rotatable bonds is 3. The highest BCUT2D eigenvalue weighted by Gasteiger charge is 2.21. The van der Waals surface area contributed by atoms with Gasteiger partial charge in [0.2, 0.25) is 0 Å². The Morgan fingerprint density at radius 1 is 1.40 bits per heavy atom. The molecule has 0 aliphatic carbocycles. The topological polar surface area (TPSA) is 74.2 Å². The predicted octanol–water partition coefficient (Wildman–Crippen LogP) is 0.392. The van der Waals surface area contributed by atoms with Crippen LogP contribution >= 0.6 is 0 Å². The van der Waals surface area contributed by atoms with Crippen molar-refractivity contribution in [3.8, 4) is 6.07 Å². The van der Waals surface area contributed by atoms with Gasteiger partial charge in [-0.25, -0.2) is 4.79 Å². The van der Waals surface area contributed by atoms with Gasteiger partial charge in [0.25, 0.3) is 0 Å². The Balaban J connectivity index is 1.78. The van der Waals surface area contributed by atoms with Gasteiger partial charge in [0.1, 0.15) is 6.04 Å². The maximum Gasteiger partial charge on any atom is 0.419 e. The molecule has 6 nitrogen and oxygen atoms in total. The van der Waals surface area contributed by atoms with E-state index in [0.717, 1.165) is 18.6 Å². The summed E-state index contributed by atoms with van der Waals surface area (Å²) in [5.74, 6) is -0.338. The fourth-order valence-corrected chi connectivity index (χ4v) is 2.60. The molecule has 0 amide bonds. The first-order valence-electron chi connectivity index (χ1n) is 6.72. The van der Waals surface area contributed by atoms with Crippen LogP contribution in [0.25, 0.3) is 11.1 Å². The molecule has 1 aliphatic rings. The van der Waals surface area contributed by atoms with E-state index in [9.17, 15) is 4.79 Å². The van der Waals surface area contributed by atoms with Gasteiger partial charge in [-0.15, -0.1) is 0 Å². The van der Waals surface area contributed by atoms with Crippen molar-refractivity contribution in [1.82, 2.24) is 14.8 Å². The van der Waals surface area contributed by atoms with Crippen LogP contribution in [0, 0.1) is 11.3 Å². The van der Waals surface area contributed by atoms with Gasteiger partial charge in [0, 0.05) is 32.7 Å². The lowest BCUT2D eigenvalue weighted by atomic mass is 10.2. The predicted molar refractivity (Wildman–Crippen MR) is 74.3 cm³/mol. The molecule has 1 aliphatic heterocycles. The summed E-state index contributed by atoms with van der Waals surface area (Å²) in [5, 5.41) is 12.3. The first kappa shape index (κ1) is 12.9. The van der Waals surface area contributed by atoms with Crippen molar-refractivity contribution in [3.63, 3.8) is 0 Å². The van der Waals surface area contributed by atoms with Gasteiger partial charge < -0.3 is 9.73 Å². The van der Waals surface area contributed by atoms with E-state index in [1.165, 1.54) is 0 Å². The lowest BCUT2D eigenvalue weighted by molar-refractivity contribution is 0.189. The second kappa shape index (κ2) is 5.49. The largest absolute Gasteiger partial charge is 0.419 e. The molecule has 1 unspecified atom stereocenters. The minimum Gasteiger partial charge on any atom is -0.408 e. The van der Waals surface area contributed by atoms with Crippen LogP contribution < -0.4 is 11.1 Å². The molecule has 1 aromatic carbocycles. The van der Waals surface area contributed by atoms with Gasteiger partial charge in [-0.2, -0.15) is 5.26 Å². The molecule has 3 rings (SSSR count). The Morgan fingerprint density at radius 3 is 3.10 bits per heavy atom. The van der Waals surface area contributed by atoms with E-state index in [1.54, 1.807) is 10.6 Å². The summed E-state index contributed by atoms with van der Waals surface area (Å²) in [5.41, 5.74) is 1.41. The Bertz CT molecular complexity index is 697. The summed E-state index contributed by atoms with van der Waals surface area (Å²) >= 11 is 0. The van der Waals surface area contributed by atoms with E-state index >= 15 is 0 Å². The van der Waals surface area contributed by atoms with Gasteiger partial charge in [-0.3, -0.25) is 9.47 Å². The number of fused-ring (bicyclic) bond motifs is 1. The first-order valence-corrected chi connectivity index (χ1v) is 6.72. The van der Waals surface area contributed by atoms with Crippen LogP contribution in [0.3, 0.4) is 0 Å². The molecule has 1 N–H and O–H groups in total. The van der Waals surface area contributed by atoms with Gasteiger partial charge >= 0.3 is 5.76 Å². The van der Waals surface area contributed by atoms with Crippen molar-refractivity contribution in [3.05, 3.63) is 34.8 Å². The monoisotopic (exact) mass is 272 g/mol. The van der Waals surface area contributed by atoms with Crippen molar-refractivity contribution in [1.29, 1.82) is 5.26 Å². The molecule has 1 aromatic heterocycles. The first-order chi connectivity index (χ1) is 9.79. The van der Waals surface area contributed by atoms with Gasteiger partial charge in [-0.05, 0) is 12.1 Å². The summed E-state index contributed by atoms with van der Waals surface area (Å²) in [7, 11) is 0. The van der Waals surface area contributed by atoms with Crippen LogP contribution in [0.2, 0.25) is 0 Å². The van der Waals surface area contributed by atoms with Crippen molar-refractivity contribution >= 4 is 11.1 Å². The zero-order chi connectivity index (χ0) is 13.9. The fourth-order valence-electron chi connectivity index (χ4n) is 2.60. The third-order valence-electron chi connectivity index (χ3n) is 3.69. The Morgan fingerprint density at radius 2 is 2.25 bits per heavy atom. The van der Waals surface area contributed by atoms with E-state index in [-0.39, 0.29) is 11.8 Å². The number of aromatic nitrogens is 1. The zero-order valence-corrected chi connectivity index (χ0v) is 11.1. The van der Waals surface area contributed by atoms with Crippen LogP contribution in [0.1, 0.15) is 0 Å². The van der Waals surface area contributed by atoms with E-state index in [2.05, 4.69) is 16.3 Å². The average Bonchev–Trinajstić information content (AvgIpc) is 2.81. The van der Waals surface area contributed by atoms with Gasteiger partial charge in [0.15, 0.2) is 5.58 Å². The summed E-state index contributed by atoms with van der Waals surface area (Å²) < 4.78 is 6.83. The summed E-state index contributed by atoms with van der Waals surface area (Å²) in [6, 6.07) is 9.55. The van der Waals surface area contributed by atoms with E-state index in [4.69, 9.17) is 9.68 Å². The average molecular weight is 272 g/mol. The lowest BCUT2D eigenvalue weighted by Crippen LogP contribution is -2.51. The number of nitrogens with zero attached hydrogens (tertiary/aromatic N) is 3. The zero-order valence-electron chi connectivity index (χ0n) is 11.1. The van der Waals surface area contributed by atoms with Crippen LogP contribution in [0.5, 0.6) is 0 Å². The van der Waals surface area contributed by atoms with Crippen LogP contribution in [-0.2, 0) is 6.54 Å².